The maximum Gasteiger partial charge on any atom is 0.225 e. The summed E-state index contributed by atoms with van der Waals surface area (Å²) in [6, 6.07) is 6.71. The number of nitrogens with zero attached hydrogens (tertiary/aromatic N) is 4. The molecule has 0 bridgehead atoms. The molecule has 2 aliphatic rings. The van der Waals surface area contributed by atoms with E-state index < -0.39 is 0 Å². The standard InChI is InChI=1S/C24H31FN4O/c1-16(2)24(30)29-13-4-6-19(15-29)22-26-17(3)21-7-5-12-28(23(21)27-22)14-18-8-10-20(25)11-9-18/h8-11,16,19H,4-7,12-15H2,1-3H3/t19-/m0/s1. The van der Waals surface area contributed by atoms with Crippen LogP contribution in [0.15, 0.2) is 24.3 Å². The fourth-order valence-electron chi connectivity index (χ4n) is 4.61. The number of rotatable bonds is 4. The van der Waals surface area contributed by atoms with Gasteiger partial charge in [-0.1, -0.05) is 26.0 Å². The quantitative estimate of drug-likeness (QED) is 0.757. The van der Waals surface area contributed by atoms with E-state index in [1.54, 1.807) is 0 Å². The molecule has 30 heavy (non-hydrogen) atoms. The van der Waals surface area contributed by atoms with E-state index in [9.17, 15) is 9.18 Å². The number of benzene rings is 1. The summed E-state index contributed by atoms with van der Waals surface area (Å²) in [5, 5.41) is 0. The van der Waals surface area contributed by atoms with Crippen LogP contribution in [0.2, 0.25) is 0 Å². The maximum absolute atomic E-state index is 13.3. The topological polar surface area (TPSA) is 49.3 Å². The molecule has 0 spiro atoms. The molecule has 3 heterocycles. The molecule has 0 aliphatic carbocycles. The molecule has 2 aromatic rings. The van der Waals surface area contributed by atoms with E-state index in [1.807, 2.05) is 30.9 Å². The van der Waals surface area contributed by atoms with Gasteiger partial charge in [0.25, 0.3) is 0 Å². The lowest BCUT2D eigenvalue weighted by molar-refractivity contribution is -0.135. The molecule has 1 fully saturated rings. The highest BCUT2D eigenvalue weighted by Crippen LogP contribution is 2.32. The van der Waals surface area contributed by atoms with E-state index in [4.69, 9.17) is 9.97 Å². The summed E-state index contributed by atoms with van der Waals surface area (Å²) in [5.41, 5.74) is 3.34. The van der Waals surface area contributed by atoms with Gasteiger partial charge in [-0.2, -0.15) is 0 Å². The van der Waals surface area contributed by atoms with E-state index >= 15 is 0 Å². The zero-order valence-corrected chi connectivity index (χ0v) is 18.2. The van der Waals surface area contributed by atoms with E-state index in [1.165, 1.54) is 17.7 Å². The second-order valence-corrected chi connectivity index (χ2v) is 8.90. The van der Waals surface area contributed by atoms with Crippen LogP contribution < -0.4 is 4.90 Å². The van der Waals surface area contributed by atoms with Crippen LogP contribution in [0.1, 0.15) is 61.7 Å². The van der Waals surface area contributed by atoms with E-state index in [2.05, 4.69) is 11.8 Å². The van der Waals surface area contributed by atoms with Gasteiger partial charge >= 0.3 is 0 Å². The predicted molar refractivity (Wildman–Crippen MR) is 116 cm³/mol. The van der Waals surface area contributed by atoms with Crippen LogP contribution in [0.25, 0.3) is 0 Å². The molecule has 1 aromatic heterocycles. The Morgan fingerprint density at radius 2 is 1.93 bits per heavy atom. The Hall–Kier alpha value is -2.50. The van der Waals surface area contributed by atoms with Crippen LogP contribution in [0.5, 0.6) is 0 Å². The monoisotopic (exact) mass is 410 g/mol. The first kappa shape index (κ1) is 20.8. The van der Waals surface area contributed by atoms with Crippen LogP contribution >= 0.6 is 0 Å². The van der Waals surface area contributed by atoms with E-state index in [-0.39, 0.29) is 23.6 Å². The van der Waals surface area contributed by atoms with Crippen molar-refractivity contribution >= 4 is 11.7 Å². The van der Waals surface area contributed by atoms with Gasteiger partial charge in [0.2, 0.25) is 5.91 Å². The number of carbonyl (C=O) groups excluding carboxylic acids is 1. The smallest absolute Gasteiger partial charge is 0.225 e. The molecule has 2 aliphatic heterocycles. The number of aromatic nitrogens is 2. The summed E-state index contributed by atoms with van der Waals surface area (Å²) in [5.74, 6) is 2.07. The molecule has 160 valence electrons. The normalized spacial score (nSPS) is 19.2. The third-order valence-corrected chi connectivity index (χ3v) is 6.24. The highest BCUT2D eigenvalue weighted by atomic mass is 19.1. The van der Waals surface area contributed by atoms with Crippen molar-refractivity contribution in [3.8, 4) is 0 Å². The number of anilines is 1. The third-order valence-electron chi connectivity index (χ3n) is 6.24. The maximum atomic E-state index is 13.3. The molecule has 4 rings (SSSR count). The molecular formula is C24H31FN4O. The Balaban J connectivity index is 1.60. The second-order valence-electron chi connectivity index (χ2n) is 8.90. The third kappa shape index (κ3) is 4.32. The van der Waals surface area contributed by atoms with Crippen LogP contribution in [0, 0.1) is 18.7 Å². The molecule has 5 nitrogen and oxygen atoms in total. The Kier molecular flexibility index (Phi) is 6.02. The number of carbonyl (C=O) groups is 1. The number of fused-ring (bicyclic) bond motifs is 1. The lowest BCUT2D eigenvalue weighted by Crippen LogP contribution is -2.41. The molecule has 1 amide bonds. The lowest BCUT2D eigenvalue weighted by atomic mass is 9.95. The minimum atomic E-state index is -0.212. The van der Waals surface area contributed by atoms with Crippen molar-refractivity contribution in [1.82, 2.24) is 14.9 Å². The Morgan fingerprint density at radius 3 is 2.67 bits per heavy atom. The molecule has 0 unspecified atom stereocenters. The molecule has 0 saturated carbocycles. The summed E-state index contributed by atoms with van der Waals surface area (Å²) in [7, 11) is 0. The van der Waals surface area contributed by atoms with Crippen LogP contribution in [0.3, 0.4) is 0 Å². The molecule has 0 N–H and O–H groups in total. The number of amides is 1. The van der Waals surface area contributed by atoms with Crippen molar-refractivity contribution in [3.05, 3.63) is 52.7 Å². The number of piperidine rings is 1. The van der Waals surface area contributed by atoms with Crippen LogP contribution in [-0.4, -0.2) is 40.4 Å². The molecule has 6 heteroatoms. The number of halogens is 1. The van der Waals surface area contributed by atoms with Crippen molar-refractivity contribution in [2.75, 3.05) is 24.5 Å². The molecule has 0 radical (unpaired) electrons. The first-order chi connectivity index (χ1) is 14.4. The van der Waals surface area contributed by atoms with Gasteiger partial charge < -0.3 is 9.80 Å². The lowest BCUT2D eigenvalue weighted by Gasteiger charge is -2.35. The van der Waals surface area contributed by atoms with Crippen molar-refractivity contribution in [3.63, 3.8) is 0 Å². The van der Waals surface area contributed by atoms with Gasteiger partial charge in [0.15, 0.2) is 0 Å². The molecule has 1 aromatic carbocycles. The van der Waals surface area contributed by atoms with Crippen molar-refractivity contribution in [1.29, 1.82) is 0 Å². The highest BCUT2D eigenvalue weighted by Gasteiger charge is 2.30. The summed E-state index contributed by atoms with van der Waals surface area (Å²) >= 11 is 0. The van der Waals surface area contributed by atoms with Gasteiger partial charge in [-0.15, -0.1) is 0 Å². The zero-order valence-electron chi connectivity index (χ0n) is 18.2. The Morgan fingerprint density at radius 1 is 1.17 bits per heavy atom. The molecule has 1 saturated heterocycles. The summed E-state index contributed by atoms with van der Waals surface area (Å²) in [6.07, 6.45) is 4.06. The van der Waals surface area contributed by atoms with Crippen LogP contribution in [-0.2, 0) is 17.8 Å². The predicted octanol–water partition coefficient (Wildman–Crippen LogP) is 4.24. The van der Waals surface area contributed by atoms with Crippen molar-refractivity contribution in [2.24, 2.45) is 5.92 Å². The summed E-state index contributed by atoms with van der Waals surface area (Å²) in [6.45, 7) is 9.17. The first-order valence-electron chi connectivity index (χ1n) is 11.1. The Bertz CT molecular complexity index is 912. The van der Waals surface area contributed by atoms with Gasteiger partial charge in [0.05, 0.1) is 0 Å². The number of hydrogen-bond acceptors (Lipinski definition) is 4. The number of likely N-dealkylation sites (tertiary alicyclic amines) is 1. The second kappa shape index (κ2) is 8.70. The Labute approximate surface area is 178 Å². The zero-order chi connectivity index (χ0) is 21.3. The van der Waals surface area contributed by atoms with Crippen LogP contribution in [0.4, 0.5) is 10.2 Å². The minimum absolute atomic E-state index is 0.0149. The highest BCUT2D eigenvalue weighted by molar-refractivity contribution is 5.78. The fraction of sp³-hybridized carbons (Fsp3) is 0.542. The van der Waals surface area contributed by atoms with Crippen molar-refractivity contribution < 1.29 is 9.18 Å². The van der Waals surface area contributed by atoms with Gasteiger partial charge in [-0.3, -0.25) is 4.79 Å². The largest absolute Gasteiger partial charge is 0.352 e. The SMILES string of the molecule is Cc1nc([C@H]2CCCN(C(=O)C(C)C)C2)nc2c1CCCN2Cc1ccc(F)cc1. The van der Waals surface area contributed by atoms with E-state index in [0.717, 1.165) is 61.7 Å². The summed E-state index contributed by atoms with van der Waals surface area (Å²) in [4.78, 5) is 26.7. The molecule has 1 atom stereocenters. The van der Waals surface area contributed by atoms with Crippen molar-refractivity contribution in [2.45, 2.75) is 58.9 Å². The van der Waals surface area contributed by atoms with Gasteiger partial charge in [0, 0.05) is 49.3 Å². The average Bonchev–Trinajstić information content (AvgIpc) is 2.75. The number of hydrogen-bond donors (Lipinski definition) is 0. The van der Waals surface area contributed by atoms with E-state index in [0.29, 0.717) is 13.1 Å². The van der Waals surface area contributed by atoms with Gasteiger partial charge in [-0.05, 0) is 50.3 Å². The first-order valence-corrected chi connectivity index (χ1v) is 11.1. The minimum Gasteiger partial charge on any atom is -0.352 e. The van der Waals surface area contributed by atoms with Gasteiger partial charge in [-0.25, -0.2) is 14.4 Å². The summed E-state index contributed by atoms with van der Waals surface area (Å²) < 4.78 is 13.3. The fourth-order valence-corrected chi connectivity index (χ4v) is 4.61. The average molecular weight is 411 g/mol. The molecular weight excluding hydrogens is 379 g/mol. The van der Waals surface area contributed by atoms with Gasteiger partial charge in [0.1, 0.15) is 17.5 Å². The number of aryl methyl sites for hydroxylation is 1.